The molecule has 94 valence electrons. The summed E-state index contributed by atoms with van der Waals surface area (Å²) >= 11 is 0. The van der Waals surface area contributed by atoms with Gasteiger partial charge in [-0.2, -0.15) is 0 Å². The summed E-state index contributed by atoms with van der Waals surface area (Å²) < 4.78 is 6.36. The maximum absolute atomic E-state index is 11.6. The molecule has 0 saturated carbocycles. The van der Waals surface area contributed by atoms with Crippen molar-refractivity contribution in [3.8, 4) is 0 Å². The monoisotopic (exact) mass is 241 g/mol. The third-order valence-corrected chi connectivity index (χ3v) is 2.25. The van der Waals surface area contributed by atoms with Gasteiger partial charge in [0.1, 0.15) is 0 Å². The van der Waals surface area contributed by atoms with Crippen LogP contribution in [0.2, 0.25) is 0 Å². The normalized spacial score (nSPS) is 12.1. The van der Waals surface area contributed by atoms with Gasteiger partial charge in [-0.1, -0.05) is 0 Å². The molecule has 7 nitrogen and oxygen atoms in total. The maximum atomic E-state index is 11.6. The number of methoxy groups -OCH3 is 1. The highest BCUT2D eigenvalue weighted by atomic mass is 16.5. The van der Waals surface area contributed by atoms with Crippen molar-refractivity contribution in [1.82, 2.24) is 9.55 Å². The van der Waals surface area contributed by atoms with Crippen LogP contribution >= 0.6 is 0 Å². The molecular weight excluding hydrogens is 226 g/mol. The number of aromatic nitrogens is 2. The lowest BCUT2D eigenvalue weighted by atomic mass is 10.2. The lowest BCUT2D eigenvalue weighted by Crippen LogP contribution is -2.29. The minimum atomic E-state index is -0.951. The highest BCUT2D eigenvalue weighted by molar-refractivity contribution is 5.67. The van der Waals surface area contributed by atoms with Gasteiger partial charge in [0, 0.05) is 33.1 Å². The van der Waals surface area contributed by atoms with Gasteiger partial charge in [0.2, 0.25) is 0 Å². The molecule has 17 heavy (non-hydrogen) atoms. The van der Waals surface area contributed by atoms with Crippen molar-refractivity contribution in [2.45, 2.75) is 12.5 Å². The van der Waals surface area contributed by atoms with Crippen LogP contribution in [0.1, 0.15) is 6.42 Å². The summed E-state index contributed by atoms with van der Waals surface area (Å²) in [5.41, 5.74) is -0.266. The van der Waals surface area contributed by atoms with E-state index in [4.69, 9.17) is 9.84 Å². The van der Waals surface area contributed by atoms with Crippen molar-refractivity contribution in [2.75, 3.05) is 19.0 Å². The predicted octanol–water partition coefficient (Wildman–Crippen LogP) is -0.318. The minimum Gasteiger partial charge on any atom is -0.481 e. The molecule has 1 rings (SSSR count). The molecule has 1 aromatic heterocycles. The number of hydrogen-bond donors (Lipinski definition) is 2. The topological polar surface area (TPSA) is 93.5 Å². The summed E-state index contributed by atoms with van der Waals surface area (Å²) in [6.07, 6.45) is 2.40. The fraction of sp³-hybridized carbons (Fsp3) is 0.500. The molecule has 7 heteroatoms. The Morgan fingerprint density at radius 3 is 3.00 bits per heavy atom. The van der Waals surface area contributed by atoms with Crippen LogP contribution in [0, 0.1) is 0 Å². The van der Waals surface area contributed by atoms with Crippen molar-refractivity contribution >= 4 is 11.8 Å². The second-order valence-electron chi connectivity index (χ2n) is 3.53. The number of rotatable bonds is 6. The van der Waals surface area contributed by atoms with Gasteiger partial charge in [-0.25, -0.2) is 4.98 Å². The Balaban J connectivity index is 2.63. The summed E-state index contributed by atoms with van der Waals surface area (Å²) in [4.78, 5) is 26.0. The van der Waals surface area contributed by atoms with Gasteiger partial charge in [-0.05, 0) is 0 Å². The number of carbonyl (C=O) groups is 1. The highest BCUT2D eigenvalue weighted by Gasteiger charge is 2.13. The van der Waals surface area contributed by atoms with Crippen LogP contribution in [0.5, 0.6) is 0 Å². The molecule has 0 radical (unpaired) electrons. The molecule has 0 aliphatic heterocycles. The van der Waals surface area contributed by atoms with Crippen molar-refractivity contribution in [3.05, 3.63) is 22.7 Å². The van der Waals surface area contributed by atoms with Gasteiger partial charge in [0.15, 0.2) is 5.82 Å². The minimum absolute atomic E-state index is 0.128. The van der Waals surface area contributed by atoms with E-state index in [-0.39, 0.29) is 24.3 Å². The number of aryl methyl sites for hydroxylation is 1. The van der Waals surface area contributed by atoms with Crippen molar-refractivity contribution in [3.63, 3.8) is 0 Å². The van der Waals surface area contributed by atoms with Crippen molar-refractivity contribution in [2.24, 2.45) is 7.05 Å². The van der Waals surface area contributed by atoms with Crippen LogP contribution in [0.25, 0.3) is 0 Å². The van der Waals surface area contributed by atoms with Crippen LogP contribution in [-0.2, 0) is 16.6 Å². The predicted molar refractivity (Wildman–Crippen MR) is 61.0 cm³/mol. The van der Waals surface area contributed by atoms with E-state index in [1.54, 1.807) is 13.2 Å². The van der Waals surface area contributed by atoms with Gasteiger partial charge in [-0.3, -0.25) is 9.59 Å². The second-order valence-corrected chi connectivity index (χ2v) is 3.53. The quantitative estimate of drug-likeness (QED) is 0.709. The van der Waals surface area contributed by atoms with Gasteiger partial charge in [0.25, 0.3) is 5.56 Å². The van der Waals surface area contributed by atoms with Gasteiger partial charge < -0.3 is 19.7 Å². The largest absolute Gasteiger partial charge is 0.481 e. The Hall–Kier alpha value is -1.89. The molecule has 0 amide bonds. The van der Waals surface area contributed by atoms with Crippen LogP contribution in [-0.4, -0.2) is 40.4 Å². The number of carboxylic acid groups (broad SMARTS) is 1. The molecule has 2 N–H and O–H groups in total. The fourth-order valence-electron chi connectivity index (χ4n) is 1.26. The van der Waals surface area contributed by atoms with Gasteiger partial charge in [-0.15, -0.1) is 0 Å². The summed E-state index contributed by atoms with van der Waals surface area (Å²) in [7, 11) is 3.03. The van der Waals surface area contributed by atoms with Gasteiger partial charge in [0.05, 0.1) is 12.5 Å². The average molecular weight is 241 g/mol. The summed E-state index contributed by atoms with van der Waals surface area (Å²) in [5.74, 6) is -0.769. The number of nitrogens with one attached hydrogen (secondary N) is 1. The lowest BCUT2D eigenvalue weighted by molar-refractivity contribution is -0.139. The Morgan fingerprint density at radius 1 is 1.71 bits per heavy atom. The molecular formula is C10H15N3O4. The van der Waals surface area contributed by atoms with Crippen LogP contribution < -0.4 is 10.9 Å². The molecule has 0 saturated heterocycles. The van der Waals surface area contributed by atoms with Crippen LogP contribution in [0.4, 0.5) is 5.82 Å². The van der Waals surface area contributed by atoms with E-state index in [0.717, 1.165) is 0 Å². The SMILES string of the molecule is COC(CNc1nccn(C)c1=O)CC(=O)O. The van der Waals surface area contributed by atoms with E-state index in [1.165, 1.54) is 17.9 Å². The molecule has 1 heterocycles. The lowest BCUT2D eigenvalue weighted by Gasteiger charge is -2.14. The van der Waals surface area contributed by atoms with Crippen LogP contribution in [0.15, 0.2) is 17.2 Å². The molecule has 1 unspecified atom stereocenters. The third-order valence-electron chi connectivity index (χ3n) is 2.25. The Morgan fingerprint density at radius 2 is 2.41 bits per heavy atom. The summed E-state index contributed by atoms with van der Waals surface area (Å²) in [6, 6.07) is 0. The van der Waals surface area contributed by atoms with E-state index >= 15 is 0 Å². The molecule has 0 spiro atoms. The number of hydrogen-bond acceptors (Lipinski definition) is 5. The number of ether oxygens (including phenoxy) is 1. The van der Waals surface area contributed by atoms with Gasteiger partial charge >= 0.3 is 5.97 Å². The molecule has 0 fully saturated rings. The number of aliphatic carboxylic acids is 1. The Kier molecular flexibility index (Phi) is 4.65. The molecule has 1 atom stereocenters. The first-order chi connectivity index (χ1) is 8.04. The Labute approximate surface area is 98.1 Å². The zero-order chi connectivity index (χ0) is 12.8. The maximum Gasteiger partial charge on any atom is 0.306 e. The van der Waals surface area contributed by atoms with E-state index in [0.29, 0.717) is 0 Å². The third kappa shape index (κ3) is 3.87. The second kappa shape index (κ2) is 6.00. The van der Waals surface area contributed by atoms with Crippen molar-refractivity contribution < 1.29 is 14.6 Å². The first-order valence-corrected chi connectivity index (χ1v) is 5.04. The summed E-state index contributed by atoms with van der Waals surface area (Å²) in [5, 5.41) is 11.4. The van der Waals surface area contributed by atoms with E-state index in [1.807, 2.05) is 0 Å². The number of nitrogens with zero attached hydrogens (tertiary/aromatic N) is 2. The Bertz CT molecular complexity index is 443. The molecule has 0 bridgehead atoms. The first-order valence-electron chi connectivity index (χ1n) is 5.04. The smallest absolute Gasteiger partial charge is 0.306 e. The number of carboxylic acids is 1. The fourth-order valence-corrected chi connectivity index (χ4v) is 1.26. The molecule has 0 aromatic carbocycles. The zero-order valence-electron chi connectivity index (χ0n) is 9.71. The van der Waals surface area contributed by atoms with E-state index < -0.39 is 12.1 Å². The van der Waals surface area contributed by atoms with E-state index in [2.05, 4.69) is 10.3 Å². The first kappa shape index (κ1) is 13.2. The molecule has 0 aliphatic rings. The van der Waals surface area contributed by atoms with E-state index in [9.17, 15) is 9.59 Å². The van der Waals surface area contributed by atoms with Crippen LogP contribution in [0.3, 0.4) is 0 Å². The molecule has 0 aliphatic carbocycles. The van der Waals surface area contributed by atoms with Crippen molar-refractivity contribution in [1.29, 1.82) is 0 Å². The highest BCUT2D eigenvalue weighted by Crippen LogP contribution is 1.99. The average Bonchev–Trinajstić information content (AvgIpc) is 2.28. The number of anilines is 1. The molecule has 1 aromatic rings. The zero-order valence-corrected chi connectivity index (χ0v) is 9.71. The summed E-state index contributed by atoms with van der Waals surface area (Å²) in [6.45, 7) is 0.217. The standard InChI is InChI=1S/C10H15N3O4/c1-13-4-3-11-9(10(13)16)12-6-7(17-2)5-8(14)15/h3-4,7H,5-6H2,1-2H3,(H,11,12)(H,14,15).